The van der Waals surface area contributed by atoms with Crippen LogP contribution in [-0.2, 0) is 11.2 Å². The second-order valence-electron chi connectivity index (χ2n) is 6.19. The zero-order valence-corrected chi connectivity index (χ0v) is 16.5. The van der Waals surface area contributed by atoms with Crippen molar-refractivity contribution in [3.8, 4) is 5.69 Å². The van der Waals surface area contributed by atoms with E-state index < -0.39 is 0 Å². The van der Waals surface area contributed by atoms with E-state index in [1.807, 2.05) is 56.3 Å². The summed E-state index contributed by atoms with van der Waals surface area (Å²) in [6.07, 6.45) is 0.797. The van der Waals surface area contributed by atoms with Crippen LogP contribution in [0.3, 0.4) is 0 Å². The maximum absolute atomic E-state index is 13.3. The zero-order valence-electron chi connectivity index (χ0n) is 15.7. The Labute approximate surface area is 162 Å². The number of aryl methyl sites for hydroxylation is 1. The fraction of sp³-hybridized carbons (Fsp3) is 0.286. The zero-order chi connectivity index (χ0) is 19.4. The number of amides is 1. The highest BCUT2D eigenvalue weighted by atomic mass is 32.2. The van der Waals surface area contributed by atoms with Gasteiger partial charge in [0, 0.05) is 6.54 Å². The predicted octanol–water partition coefficient (Wildman–Crippen LogP) is 3.56. The largest absolute Gasteiger partial charge is 0.355 e. The molecule has 0 radical (unpaired) electrons. The smallest absolute Gasteiger partial charge is 0.266 e. The number of para-hydroxylation sites is 2. The number of fused-ring (bicyclic) bond motifs is 1. The molecule has 0 aliphatic heterocycles. The monoisotopic (exact) mass is 381 g/mol. The Morgan fingerprint density at radius 3 is 2.59 bits per heavy atom. The van der Waals surface area contributed by atoms with Gasteiger partial charge < -0.3 is 5.32 Å². The molecule has 0 saturated heterocycles. The predicted molar refractivity (Wildman–Crippen MR) is 111 cm³/mol. The highest BCUT2D eigenvalue weighted by molar-refractivity contribution is 8.00. The third-order valence-corrected chi connectivity index (χ3v) is 5.41. The summed E-state index contributed by atoms with van der Waals surface area (Å²) in [4.78, 5) is 30.2. The maximum atomic E-state index is 13.3. The van der Waals surface area contributed by atoms with Gasteiger partial charge in [-0.25, -0.2) is 4.98 Å². The van der Waals surface area contributed by atoms with Crippen LogP contribution in [0.15, 0.2) is 58.5 Å². The molecule has 27 heavy (non-hydrogen) atoms. The molecule has 0 saturated carbocycles. The average Bonchev–Trinajstić information content (AvgIpc) is 2.68. The van der Waals surface area contributed by atoms with E-state index in [4.69, 9.17) is 4.98 Å². The lowest BCUT2D eigenvalue weighted by Crippen LogP contribution is -2.31. The molecule has 1 heterocycles. The van der Waals surface area contributed by atoms with Gasteiger partial charge in [-0.3, -0.25) is 14.2 Å². The summed E-state index contributed by atoms with van der Waals surface area (Å²) in [6.45, 7) is 6.34. The topological polar surface area (TPSA) is 64.0 Å². The van der Waals surface area contributed by atoms with Gasteiger partial charge in [0.1, 0.15) is 0 Å². The number of carbonyl (C=O) groups is 1. The number of nitrogens with one attached hydrogen (secondary N) is 1. The third kappa shape index (κ3) is 3.90. The highest BCUT2D eigenvalue weighted by Crippen LogP contribution is 2.26. The molecular formula is C21H23N3O2S. The van der Waals surface area contributed by atoms with Gasteiger partial charge in [-0.2, -0.15) is 0 Å². The molecule has 0 spiro atoms. The molecule has 3 rings (SSSR count). The number of nitrogens with zero attached hydrogens (tertiary/aromatic N) is 2. The second kappa shape index (κ2) is 8.39. The summed E-state index contributed by atoms with van der Waals surface area (Å²) in [5.74, 6) is -0.0692. The quantitative estimate of drug-likeness (QED) is 0.524. The van der Waals surface area contributed by atoms with Crippen LogP contribution in [0.1, 0.15) is 26.3 Å². The lowest BCUT2D eigenvalue weighted by atomic mass is 10.1. The first-order valence-electron chi connectivity index (χ1n) is 9.11. The van der Waals surface area contributed by atoms with Crippen LogP contribution in [0, 0.1) is 0 Å². The van der Waals surface area contributed by atoms with E-state index in [0.29, 0.717) is 22.6 Å². The maximum Gasteiger partial charge on any atom is 0.266 e. The third-order valence-electron chi connectivity index (χ3n) is 4.36. The number of benzene rings is 2. The Morgan fingerprint density at radius 1 is 1.15 bits per heavy atom. The lowest BCUT2D eigenvalue weighted by molar-refractivity contribution is -0.120. The van der Waals surface area contributed by atoms with E-state index >= 15 is 0 Å². The van der Waals surface area contributed by atoms with E-state index in [1.165, 1.54) is 11.8 Å². The molecule has 1 atom stereocenters. The minimum absolute atomic E-state index is 0.0692. The average molecular weight is 382 g/mol. The first-order valence-corrected chi connectivity index (χ1v) is 9.99. The summed E-state index contributed by atoms with van der Waals surface area (Å²) < 4.78 is 1.64. The molecule has 1 amide bonds. The van der Waals surface area contributed by atoms with E-state index in [0.717, 1.165) is 17.7 Å². The Bertz CT molecular complexity index is 1030. The molecule has 6 heteroatoms. The van der Waals surface area contributed by atoms with E-state index in [9.17, 15) is 9.59 Å². The molecule has 140 valence electrons. The lowest BCUT2D eigenvalue weighted by Gasteiger charge is -2.18. The minimum Gasteiger partial charge on any atom is -0.355 e. The van der Waals surface area contributed by atoms with Crippen molar-refractivity contribution >= 4 is 28.6 Å². The van der Waals surface area contributed by atoms with Crippen molar-refractivity contribution in [3.05, 3.63) is 64.4 Å². The van der Waals surface area contributed by atoms with Crippen molar-refractivity contribution in [3.63, 3.8) is 0 Å². The molecule has 0 bridgehead atoms. The standard InChI is InChI=1S/C21H23N3O2S/c1-4-15-10-6-9-13-18(15)24-20(26)16-11-7-8-12-17(16)23-21(24)27-14(3)19(25)22-5-2/h6-14H,4-5H2,1-3H3,(H,22,25)/t14-/m0/s1. The van der Waals surface area contributed by atoms with E-state index in [2.05, 4.69) is 12.2 Å². The van der Waals surface area contributed by atoms with Gasteiger partial charge in [-0.05, 0) is 44.0 Å². The summed E-state index contributed by atoms with van der Waals surface area (Å²) in [5, 5.41) is 3.56. The van der Waals surface area contributed by atoms with Gasteiger partial charge in [-0.1, -0.05) is 49.0 Å². The number of hydrogen-bond acceptors (Lipinski definition) is 4. The van der Waals surface area contributed by atoms with Crippen LogP contribution in [0.5, 0.6) is 0 Å². The van der Waals surface area contributed by atoms with Gasteiger partial charge in [-0.15, -0.1) is 0 Å². The van der Waals surface area contributed by atoms with Crippen LogP contribution in [0.4, 0.5) is 0 Å². The fourth-order valence-corrected chi connectivity index (χ4v) is 3.91. The van der Waals surface area contributed by atoms with Gasteiger partial charge >= 0.3 is 0 Å². The molecule has 1 aromatic heterocycles. The molecule has 1 N–H and O–H groups in total. The van der Waals surface area contributed by atoms with Gasteiger partial charge in [0.15, 0.2) is 5.16 Å². The van der Waals surface area contributed by atoms with Crippen molar-refractivity contribution in [2.45, 2.75) is 37.6 Å². The molecule has 0 unspecified atom stereocenters. The summed E-state index contributed by atoms with van der Waals surface area (Å²) in [5.41, 5.74) is 2.39. The van der Waals surface area contributed by atoms with Gasteiger partial charge in [0.25, 0.3) is 5.56 Å². The number of rotatable bonds is 6. The highest BCUT2D eigenvalue weighted by Gasteiger charge is 2.20. The molecule has 0 fully saturated rings. The number of carbonyl (C=O) groups excluding carboxylic acids is 1. The van der Waals surface area contributed by atoms with E-state index in [1.54, 1.807) is 10.6 Å². The minimum atomic E-state index is -0.363. The van der Waals surface area contributed by atoms with Crippen LogP contribution in [0.25, 0.3) is 16.6 Å². The Morgan fingerprint density at radius 2 is 1.85 bits per heavy atom. The van der Waals surface area contributed by atoms with E-state index in [-0.39, 0.29) is 16.7 Å². The molecule has 5 nitrogen and oxygen atoms in total. The van der Waals surface area contributed by atoms with Crippen molar-refractivity contribution in [1.29, 1.82) is 0 Å². The SMILES string of the molecule is CCNC(=O)[C@H](C)Sc1nc2ccccc2c(=O)n1-c1ccccc1CC. The van der Waals surface area contributed by atoms with Crippen molar-refractivity contribution in [2.75, 3.05) is 6.54 Å². The Hall–Kier alpha value is -2.60. The number of hydrogen-bond donors (Lipinski definition) is 1. The molecule has 2 aromatic carbocycles. The fourth-order valence-electron chi connectivity index (χ4n) is 2.96. The second-order valence-corrected chi connectivity index (χ2v) is 7.50. The first kappa shape index (κ1) is 19.2. The van der Waals surface area contributed by atoms with Crippen LogP contribution in [-0.4, -0.2) is 27.3 Å². The van der Waals surface area contributed by atoms with Crippen molar-refractivity contribution in [2.24, 2.45) is 0 Å². The van der Waals surface area contributed by atoms with Gasteiger partial charge in [0.05, 0.1) is 21.8 Å². The Kier molecular flexibility index (Phi) is 5.96. The number of aromatic nitrogens is 2. The summed E-state index contributed by atoms with van der Waals surface area (Å²) in [7, 11) is 0. The van der Waals surface area contributed by atoms with Crippen molar-refractivity contribution < 1.29 is 4.79 Å². The molecule has 0 aliphatic rings. The van der Waals surface area contributed by atoms with Crippen LogP contribution >= 0.6 is 11.8 Å². The molecule has 0 aliphatic carbocycles. The first-order chi connectivity index (χ1) is 13.1. The van der Waals surface area contributed by atoms with Crippen molar-refractivity contribution in [1.82, 2.24) is 14.9 Å². The summed E-state index contributed by atoms with van der Waals surface area (Å²) >= 11 is 1.30. The normalized spacial score (nSPS) is 12.1. The Balaban J connectivity index is 2.22. The molecule has 3 aromatic rings. The molecular weight excluding hydrogens is 358 g/mol. The van der Waals surface area contributed by atoms with Crippen LogP contribution in [0.2, 0.25) is 0 Å². The summed E-state index contributed by atoms with van der Waals surface area (Å²) in [6, 6.07) is 15.1. The number of thioether (sulfide) groups is 1. The van der Waals surface area contributed by atoms with Gasteiger partial charge in [0.2, 0.25) is 5.91 Å². The van der Waals surface area contributed by atoms with Crippen LogP contribution < -0.4 is 10.9 Å².